The summed E-state index contributed by atoms with van der Waals surface area (Å²) in [7, 11) is 3.08. The number of carbonyl (C=O) groups is 2. The molecule has 2 aliphatic rings. The topological polar surface area (TPSA) is 118 Å². The maximum atomic E-state index is 13.1. The lowest BCUT2D eigenvalue weighted by molar-refractivity contribution is -0.153. The van der Waals surface area contributed by atoms with Crippen LogP contribution in [0, 0.1) is 5.92 Å². The van der Waals surface area contributed by atoms with Crippen LogP contribution in [0.1, 0.15) is 18.5 Å². The van der Waals surface area contributed by atoms with Crippen LogP contribution in [0.25, 0.3) is 0 Å². The van der Waals surface area contributed by atoms with E-state index in [0.717, 1.165) is 0 Å². The molecule has 2 aromatic rings. The first kappa shape index (κ1) is 23.3. The van der Waals surface area contributed by atoms with Crippen LogP contribution in [0.2, 0.25) is 0 Å². The minimum atomic E-state index is -1.11. The number of nitrogens with one attached hydrogen (secondary N) is 1. The van der Waals surface area contributed by atoms with Gasteiger partial charge in [0.15, 0.2) is 17.4 Å². The number of guanidine groups is 1. The summed E-state index contributed by atoms with van der Waals surface area (Å²) in [6.07, 6.45) is 3.42. The molecular formula is C23H28N6O5. The number of ether oxygens (including phenoxy) is 3. The number of amides is 1. The standard InChI is InChI=1S/C23H28N6O5/c1-4-34-21(31)18-19(15-6-7-16(32-2)17(14-15)33-3)26-23(27-20(18)30)29-12-10-28(11-13-29)22-24-8-5-9-25-22/h5-9,14,18-19H,4,10-13H2,1-3H3,(H,26,27,30). The number of benzene rings is 1. The second kappa shape index (κ2) is 10.4. The van der Waals surface area contributed by atoms with Crippen LogP contribution in [-0.2, 0) is 14.3 Å². The molecule has 180 valence electrons. The summed E-state index contributed by atoms with van der Waals surface area (Å²) in [6, 6.07) is 6.26. The minimum absolute atomic E-state index is 0.168. The summed E-state index contributed by atoms with van der Waals surface area (Å²) in [5.74, 6) is -0.0442. The molecule has 34 heavy (non-hydrogen) atoms. The van der Waals surface area contributed by atoms with Crippen LogP contribution in [-0.4, -0.2) is 79.7 Å². The lowest BCUT2D eigenvalue weighted by Crippen LogP contribution is -2.57. The highest BCUT2D eigenvalue weighted by Gasteiger charge is 2.42. The van der Waals surface area contributed by atoms with Crippen molar-refractivity contribution in [2.24, 2.45) is 10.9 Å². The second-order valence-corrected chi connectivity index (χ2v) is 7.75. The van der Waals surface area contributed by atoms with Gasteiger partial charge >= 0.3 is 5.97 Å². The molecule has 1 saturated heterocycles. The number of nitrogens with zero attached hydrogens (tertiary/aromatic N) is 5. The quantitative estimate of drug-likeness (QED) is 0.490. The van der Waals surface area contributed by atoms with E-state index in [0.29, 0.717) is 55.1 Å². The summed E-state index contributed by atoms with van der Waals surface area (Å²) in [6.45, 7) is 4.43. The number of piperazine rings is 1. The molecule has 11 heteroatoms. The molecule has 0 bridgehead atoms. The molecule has 11 nitrogen and oxygen atoms in total. The number of rotatable bonds is 6. The number of hydrogen-bond donors (Lipinski definition) is 1. The van der Waals surface area contributed by atoms with Gasteiger partial charge in [-0.15, -0.1) is 0 Å². The van der Waals surface area contributed by atoms with Crippen LogP contribution in [0.3, 0.4) is 0 Å². The summed E-state index contributed by atoms with van der Waals surface area (Å²) in [5.41, 5.74) is 0.652. The third-order valence-corrected chi connectivity index (χ3v) is 5.80. The fourth-order valence-corrected chi connectivity index (χ4v) is 4.08. The molecule has 2 atom stereocenters. The maximum Gasteiger partial charge on any atom is 0.321 e. The summed E-state index contributed by atoms with van der Waals surface area (Å²) >= 11 is 0. The van der Waals surface area contributed by atoms with Crippen molar-refractivity contribution in [3.05, 3.63) is 42.2 Å². The van der Waals surface area contributed by atoms with Gasteiger partial charge in [-0.3, -0.25) is 14.9 Å². The van der Waals surface area contributed by atoms with Gasteiger partial charge in [-0.25, -0.2) is 15.0 Å². The van der Waals surface area contributed by atoms with Crippen molar-refractivity contribution >= 4 is 23.8 Å². The molecule has 1 aromatic carbocycles. The third-order valence-electron chi connectivity index (χ3n) is 5.80. The van der Waals surface area contributed by atoms with Crippen molar-refractivity contribution < 1.29 is 23.8 Å². The van der Waals surface area contributed by atoms with Crippen molar-refractivity contribution in [1.82, 2.24) is 20.2 Å². The predicted octanol–water partition coefficient (Wildman–Crippen LogP) is 1.02. The average molecular weight is 469 g/mol. The first-order valence-electron chi connectivity index (χ1n) is 11.1. The van der Waals surface area contributed by atoms with Gasteiger partial charge in [-0.05, 0) is 30.7 Å². The Kier molecular flexibility index (Phi) is 7.09. The molecule has 0 saturated carbocycles. The van der Waals surface area contributed by atoms with E-state index in [1.165, 1.54) is 7.11 Å². The summed E-state index contributed by atoms with van der Waals surface area (Å²) < 4.78 is 15.9. The molecule has 4 rings (SSSR count). The fourth-order valence-electron chi connectivity index (χ4n) is 4.08. The zero-order valence-electron chi connectivity index (χ0n) is 19.4. The Morgan fingerprint density at radius 2 is 1.74 bits per heavy atom. The number of esters is 1. The monoisotopic (exact) mass is 468 g/mol. The fraction of sp³-hybridized carbons (Fsp3) is 0.435. The highest BCUT2D eigenvalue weighted by atomic mass is 16.5. The van der Waals surface area contributed by atoms with Crippen molar-refractivity contribution in [3.8, 4) is 11.5 Å². The molecule has 2 unspecified atom stereocenters. The Labute approximate surface area is 197 Å². The molecule has 1 N–H and O–H groups in total. The smallest absolute Gasteiger partial charge is 0.321 e. The zero-order chi connectivity index (χ0) is 24.1. The van der Waals surface area contributed by atoms with Gasteiger partial charge in [0.2, 0.25) is 17.8 Å². The van der Waals surface area contributed by atoms with Crippen molar-refractivity contribution in [3.63, 3.8) is 0 Å². The molecule has 1 aromatic heterocycles. The van der Waals surface area contributed by atoms with Crippen molar-refractivity contribution in [2.45, 2.75) is 13.0 Å². The molecule has 0 spiro atoms. The van der Waals surface area contributed by atoms with E-state index in [2.05, 4.69) is 20.2 Å². The van der Waals surface area contributed by atoms with E-state index >= 15 is 0 Å². The summed E-state index contributed by atoms with van der Waals surface area (Å²) in [5, 5.41) is 2.81. The highest BCUT2D eigenvalue weighted by molar-refractivity contribution is 6.08. The minimum Gasteiger partial charge on any atom is -0.493 e. The number of anilines is 1. The number of methoxy groups -OCH3 is 2. The maximum absolute atomic E-state index is 13.1. The Bertz CT molecular complexity index is 1060. The third kappa shape index (κ3) is 4.73. The first-order chi connectivity index (χ1) is 16.5. The Morgan fingerprint density at radius 1 is 1.06 bits per heavy atom. The van der Waals surface area contributed by atoms with Crippen molar-refractivity contribution in [1.29, 1.82) is 0 Å². The molecule has 0 aliphatic carbocycles. The number of carbonyl (C=O) groups excluding carboxylic acids is 2. The lowest BCUT2D eigenvalue weighted by Gasteiger charge is -2.38. The highest BCUT2D eigenvalue weighted by Crippen LogP contribution is 2.36. The van der Waals surface area contributed by atoms with E-state index in [9.17, 15) is 9.59 Å². The van der Waals surface area contributed by atoms with E-state index in [1.54, 1.807) is 50.7 Å². The van der Waals surface area contributed by atoms with Gasteiger partial charge in [0.25, 0.3) is 0 Å². The van der Waals surface area contributed by atoms with Crippen LogP contribution in [0.5, 0.6) is 11.5 Å². The van der Waals surface area contributed by atoms with Gasteiger partial charge in [-0.2, -0.15) is 0 Å². The Balaban J connectivity index is 1.61. The van der Waals surface area contributed by atoms with E-state index in [1.807, 2.05) is 4.90 Å². The zero-order valence-corrected chi connectivity index (χ0v) is 19.4. The number of hydrogen-bond acceptors (Lipinski definition) is 10. The van der Waals surface area contributed by atoms with E-state index in [4.69, 9.17) is 19.2 Å². The molecule has 0 radical (unpaired) electrons. The largest absolute Gasteiger partial charge is 0.493 e. The SMILES string of the molecule is CCOC(=O)C1C(=O)NC(N2CCN(c3ncccn3)CC2)=NC1c1ccc(OC)c(OC)c1. The normalized spacial score (nSPS) is 20.3. The Morgan fingerprint density at radius 3 is 2.38 bits per heavy atom. The molecule has 1 fully saturated rings. The van der Waals surface area contributed by atoms with Crippen molar-refractivity contribution in [2.75, 3.05) is 51.9 Å². The van der Waals surface area contributed by atoms with Crippen LogP contribution in [0.15, 0.2) is 41.7 Å². The average Bonchev–Trinajstić information content (AvgIpc) is 2.88. The summed E-state index contributed by atoms with van der Waals surface area (Å²) in [4.78, 5) is 43.3. The Hall–Kier alpha value is -3.89. The van der Waals surface area contributed by atoms with Gasteiger partial charge in [0.1, 0.15) is 6.04 Å². The predicted molar refractivity (Wildman–Crippen MR) is 124 cm³/mol. The molecular weight excluding hydrogens is 440 g/mol. The molecule has 1 amide bonds. The van der Waals surface area contributed by atoms with Gasteiger partial charge in [0, 0.05) is 38.6 Å². The molecule has 2 aliphatic heterocycles. The van der Waals surface area contributed by atoms with E-state index < -0.39 is 23.8 Å². The van der Waals surface area contributed by atoms with Crippen LogP contribution in [0.4, 0.5) is 5.95 Å². The van der Waals surface area contributed by atoms with Crippen LogP contribution < -0.4 is 19.7 Å². The van der Waals surface area contributed by atoms with E-state index in [-0.39, 0.29) is 6.61 Å². The molecule has 3 heterocycles. The number of aromatic nitrogens is 2. The lowest BCUT2D eigenvalue weighted by atomic mass is 9.91. The van der Waals surface area contributed by atoms with Crippen LogP contribution >= 0.6 is 0 Å². The number of aliphatic imine (C=N–C) groups is 1. The van der Waals surface area contributed by atoms with Gasteiger partial charge < -0.3 is 24.0 Å². The van der Waals surface area contributed by atoms with Gasteiger partial charge in [-0.1, -0.05) is 6.07 Å². The van der Waals surface area contributed by atoms with Gasteiger partial charge in [0.05, 0.1) is 20.8 Å². The first-order valence-corrected chi connectivity index (χ1v) is 11.1. The second-order valence-electron chi connectivity index (χ2n) is 7.75.